The first-order chi connectivity index (χ1) is 13.8. The predicted molar refractivity (Wildman–Crippen MR) is 110 cm³/mol. The van der Waals surface area contributed by atoms with E-state index in [2.05, 4.69) is 15.6 Å². The highest BCUT2D eigenvalue weighted by atomic mass is 35.5. The van der Waals surface area contributed by atoms with Crippen LogP contribution in [0, 0.1) is 5.82 Å². The number of carbonyl (C=O) groups excluding carboxylic acids is 2. The molecule has 2 aromatic carbocycles. The minimum atomic E-state index is -0.591. The molecule has 9 heteroatoms. The number of anilines is 2. The van der Waals surface area contributed by atoms with E-state index in [0.29, 0.717) is 32.9 Å². The number of carbonyl (C=O) groups is 2. The number of hydrogen-bond acceptors (Lipinski definition) is 4. The molecule has 2 amide bonds. The van der Waals surface area contributed by atoms with E-state index < -0.39 is 11.7 Å². The number of benzene rings is 2. The van der Waals surface area contributed by atoms with E-state index in [1.807, 2.05) is 0 Å². The lowest BCUT2D eigenvalue weighted by Gasteiger charge is -2.08. The monoisotopic (exact) mass is 435 g/mol. The number of oxazole rings is 1. The van der Waals surface area contributed by atoms with Gasteiger partial charge in [-0.1, -0.05) is 23.2 Å². The topological polar surface area (TPSA) is 84.2 Å². The summed E-state index contributed by atoms with van der Waals surface area (Å²) in [6.07, 6.45) is 1.89. The molecule has 0 bridgehead atoms. The molecular weight excluding hydrogens is 420 g/mol. The largest absolute Gasteiger partial charge is 0.441 e. The fourth-order valence-electron chi connectivity index (χ4n) is 2.57. The Morgan fingerprint density at radius 2 is 1.93 bits per heavy atom. The van der Waals surface area contributed by atoms with Gasteiger partial charge in [-0.3, -0.25) is 9.59 Å². The SMILES string of the molecule is CC(=O)Nc1cc(NC(=O)CCc2ncc(-c3ccc(Cl)cc3Cl)o2)ccc1F. The lowest BCUT2D eigenvalue weighted by atomic mass is 10.2. The van der Waals surface area contributed by atoms with Crippen molar-refractivity contribution >= 4 is 46.4 Å². The average Bonchev–Trinajstić information content (AvgIpc) is 3.11. The second kappa shape index (κ2) is 9.07. The molecule has 0 aliphatic heterocycles. The van der Waals surface area contributed by atoms with Crippen LogP contribution < -0.4 is 10.6 Å². The number of hydrogen-bond donors (Lipinski definition) is 2. The Balaban J connectivity index is 1.60. The van der Waals surface area contributed by atoms with E-state index in [0.717, 1.165) is 6.07 Å². The smallest absolute Gasteiger partial charge is 0.224 e. The zero-order valence-electron chi connectivity index (χ0n) is 15.3. The van der Waals surface area contributed by atoms with Gasteiger partial charge in [-0.15, -0.1) is 0 Å². The summed E-state index contributed by atoms with van der Waals surface area (Å²) in [5.41, 5.74) is 1.00. The van der Waals surface area contributed by atoms with Crippen molar-refractivity contribution in [2.75, 3.05) is 10.6 Å². The Bertz CT molecular complexity index is 1070. The van der Waals surface area contributed by atoms with Gasteiger partial charge in [0.05, 0.1) is 16.9 Å². The van der Waals surface area contributed by atoms with Crippen LogP contribution in [0.2, 0.25) is 10.0 Å². The zero-order valence-corrected chi connectivity index (χ0v) is 16.8. The number of aromatic nitrogens is 1. The number of halogens is 3. The number of nitrogens with zero attached hydrogens (tertiary/aromatic N) is 1. The Kier molecular flexibility index (Phi) is 6.51. The molecule has 2 N–H and O–H groups in total. The van der Waals surface area contributed by atoms with Crippen LogP contribution in [0.3, 0.4) is 0 Å². The molecule has 0 fully saturated rings. The summed E-state index contributed by atoms with van der Waals surface area (Å²) < 4.78 is 19.3. The van der Waals surface area contributed by atoms with Crippen molar-refractivity contribution in [3.63, 3.8) is 0 Å². The third kappa shape index (κ3) is 5.56. The minimum Gasteiger partial charge on any atom is -0.441 e. The summed E-state index contributed by atoms with van der Waals surface area (Å²) in [6, 6.07) is 8.94. The lowest BCUT2D eigenvalue weighted by molar-refractivity contribution is -0.116. The van der Waals surface area contributed by atoms with Gasteiger partial charge in [-0.2, -0.15) is 0 Å². The van der Waals surface area contributed by atoms with Gasteiger partial charge >= 0.3 is 0 Å². The van der Waals surface area contributed by atoms with E-state index in [1.165, 1.54) is 25.3 Å². The van der Waals surface area contributed by atoms with Crippen LogP contribution in [0.4, 0.5) is 15.8 Å². The molecule has 1 heterocycles. The number of amides is 2. The van der Waals surface area contributed by atoms with Gasteiger partial charge in [0, 0.05) is 36.0 Å². The first kappa shape index (κ1) is 20.8. The highest BCUT2D eigenvalue weighted by molar-refractivity contribution is 6.36. The molecule has 0 aliphatic carbocycles. The third-order valence-corrected chi connectivity index (χ3v) is 4.42. The van der Waals surface area contributed by atoms with Crippen molar-refractivity contribution in [3.05, 3.63) is 64.3 Å². The molecule has 6 nitrogen and oxygen atoms in total. The Hall–Kier alpha value is -2.90. The normalized spacial score (nSPS) is 10.6. The van der Waals surface area contributed by atoms with Crippen LogP contribution in [0.25, 0.3) is 11.3 Å². The second-order valence-electron chi connectivity index (χ2n) is 6.17. The van der Waals surface area contributed by atoms with Gasteiger partial charge in [0.25, 0.3) is 0 Å². The van der Waals surface area contributed by atoms with Gasteiger partial charge in [-0.25, -0.2) is 9.37 Å². The molecule has 29 heavy (non-hydrogen) atoms. The molecule has 3 rings (SSSR count). The first-order valence-electron chi connectivity index (χ1n) is 8.59. The molecule has 0 atom stereocenters. The fraction of sp³-hybridized carbons (Fsp3) is 0.150. The second-order valence-corrected chi connectivity index (χ2v) is 7.01. The fourth-order valence-corrected chi connectivity index (χ4v) is 3.07. The zero-order chi connectivity index (χ0) is 21.0. The van der Waals surface area contributed by atoms with E-state index in [1.54, 1.807) is 18.2 Å². The average molecular weight is 436 g/mol. The van der Waals surface area contributed by atoms with E-state index in [-0.39, 0.29) is 24.4 Å². The van der Waals surface area contributed by atoms with Crippen molar-refractivity contribution in [2.24, 2.45) is 0 Å². The van der Waals surface area contributed by atoms with Crippen molar-refractivity contribution in [1.82, 2.24) is 4.98 Å². The van der Waals surface area contributed by atoms with E-state index in [9.17, 15) is 14.0 Å². The number of aryl methyl sites for hydroxylation is 1. The van der Waals surface area contributed by atoms with Crippen molar-refractivity contribution < 1.29 is 18.4 Å². The summed E-state index contributed by atoms with van der Waals surface area (Å²) in [5.74, 6) is -0.464. The summed E-state index contributed by atoms with van der Waals surface area (Å²) in [4.78, 5) is 27.4. The summed E-state index contributed by atoms with van der Waals surface area (Å²) in [5, 5.41) is 5.95. The van der Waals surface area contributed by atoms with Crippen LogP contribution in [0.1, 0.15) is 19.2 Å². The Morgan fingerprint density at radius 3 is 2.66 bits per heavy atom. The first-order valence-corrected chi connectivity index (χ1v) is 9.34. The molecule has 150 valence electrons. The third-order valence-electron chi connectivity index (χ3n) is 3.88. The molecule has 0 spiro atoms. The van der Waals surface area contributed by atoms with Gasteiger partial charge in [0.1, 0.15) is 5.82 Å². The lowest BCUT2D eigenvalue weighted by Crippen LogP contribution is -2.13. The predicted octanol–water partition coefficient (Wildman–Crippen LogP) is 5.32. The highest BCUT2D eigenvalue weighted by Gasteiger charge is 2.13. The van der Waals surface area contributed by atoms with Crippen LogP contribution in [-0.4, -0.2) is 16.8 Å². The molecule has 0 aliphatic rings. The standard InChI is InChI=1S/C20H16Cl2FN3O3/c1-11(27)25-17-9-13(3-5-16(17)23)26-19(28)6-7-20-24-10-18(29-20)14-4-2-12(21)8-15(14)22/h2-5,8-10H,6-7H2,1H3,(H,25,27)(H,26,28). The van der Waals surface area contributed by atoms with E-state index in [4.69, 9.17) is 27.6 Å². The molecule has 1 aromatic heterocycles. The summed E-state index contributed by atoms with van der Waals surface area (Å²) in [7, 11) is 0. The van der Waals surface area contributed by atoms with Crippen LogP contribution in [0.5, 0.6) is 0 Å². The van der Waals surface area contributed by atoms with Gasteiger partial charge in [0.2, 0.25) is 11.8 Å². The highest BCUT2D eigenvalue weighted by Crippen LogP contribution is 2.31. The maximum Gasteiger partial charge on any atom is 0.224 e. The summed E-state index contributed by atoms with van der Waals surface area (Å²) in [6.45, 7) is 1.27. The van der Waals surface area contributed by atoms with Gasteiger partial charge in [-0.05, 0) is 36.4 Å². The van der Waals surface area contributed by atoms with Crippen LogP contribution in [0.15, 0.2) is 47.0 Å². The van der Waals surface area contributed by atoms with E-state index >= 15 is 0 Å². The quantitative estimate of drug-likeness (QED) is 0.548. The minimum absolute atomic E-state index is 0.00696. The Morgan fingerprint density at radius 1 is 1.14 bits per heavy atom. The van der Waals surface area contributed by atoms with Crippen molar-refractivity contribution in [2.45, 2.75) is 19.8 Å². The molecular formula is C20H16Cl2FN3O3. The van der Waals surface area contributed by atoms with Crippen LogP contribution in [-0.2, 0) is 16.0 Å². The number of rotatable bonds is 6. The van der Waals surface area contributed by atoms with Gasteiger partial charge < -0.3 is 15.1 Å². The molecule has 0 unspecified atom stereocenters. The maximum absolute atomic E-state index is 13.7. The molecule has 0 radical (unpaired) electrons. The van der Waals surface area contributed by atoms with Crippen molar-refractivity contribution in [3.8, 4) is 11.3 Å². The molecule has 0 saturated heterocycles. The number of nitrogens with one attached hydrogen (secondary N) is 2. The Labute approximate surface area is 176 Å². The molecule has 3 aromatic rings. The van der Waals surface area contributed by atoms with Crippen molar-refractivity contribution in [1.29, 1.82) is 0 Å². The maximum atomic E-state index is 13.7. The van der Waals surface area contributed by atoms with Crippen LogP contribution >= 0.6 is 23.2 Å². The summed E-state index contributed by atoms with van der Waals surface area (Å²) >= 11 is 12.0. The molecule has 0 saturated carbocycles. The van der Waals surface area contributed by atoms with Gasteiger partial charge in [0.15, 0.2) is 11.7 Å².